The molecule has 15 heavy (non-hydrogen) atoms. The van der Waals surface area contributed by atoms with Gasteiger partial charge in [-0.15, -0.1) is 0 Å². The van der Waals surface area contributed by atoms with Crippen molar-refractivity contribution in [3.63, 3.8) is 0 Å². The Hall–Kier alpha value is -0.870. The van der Waals surface area contributed by atoms with Crippen molar-refractivity contribution in [1.82, 2.24) is 4.90 Å². The smallest absolute Gasteiger partial charge is 0.309 e. The first-order chi connectivity index (χ1) is 7.24. The highest BCUT2D eigenvalue weighted by molar-refractivity contribution is 5.70. The van der Waals surface area contributed by atoms with Crippen molar-refractivity contribution in [2.75, 3.05) is 33.4 Å². The lowest BCUT2D eigenvalue weighted by atomic mass is 10.2. The highest BCUT2D eigenvalue weighted by Crippen LogP contribution is 2.05. The van der Waals surface area contributed by atoms with E-state index in [1.807, 2.05) is 12.2 Å². The minimum absolute atomic E-state index is 0.194. The molecule has 0 spiro atoms. The number of hydrogen-bond donors (Lipinski definition) is 0. The van der Waals surface area contributed by atoms with Gasteiger partial charge in [-0.05, 0) is 6.92 Å². The Bertz CT molecular complexity index is 222. The second kappa shape index (κ2) is 6.58. The van der Waals surface area contributed by atoms with Gasteiger partial charge in [0.25, 0.3) is 0 Å². The van der Waals surface area contributed by atoms with Gasteiger partial charge in [0.1, 0.15) is 0 Å². The molecule has 0 aliphatic carbocycles. The molecule has 0 N–H and O–H groups in total. The van der Waals surface area contributed by atoms with E-state index in [-0.39, 0.29) is 5.97 Å². The zero-order valence-corrected chi connectivity index (χ0v) is 9.44. The SMILES string of the molecule is COC(=O)C/C=C/[C@H](C)N1CCOCC1. The lowest BCUT2D eigenvalue weighted by Crippen LogP contribution is -2.41. The van der Waals surface area contributed by atoms with Gasteiger partial charge in [0.2, 0.25) is 0 Å². The average Bonchev–Trinajstić information content (AvgIpc) is 2.29. The van der Waals surface area contributed by atoms with Crippen molar-refractivity contribution in [2.45, 2.75) is 19.4 Å². The van der Waals surface area contributed by atoms with Crippen LogP contribution in [0, 0.1) is 0 Å². The topological polar surface area (TPSA) is 38.8 Å². The highest BCUT2D eigenvalue weighted by atomic mass is 16.5. The van der Waals surface area contributed by atoms with Gasteiger partial charge in [-0.3, -0.25) is 9.69 Å². The fraction of sp³-hybridized carbons (Fsp3) is 0.727. The molecule has 0 amide bonds. The van der Waals surface area contributed by atoms with Crippen molar-refractivity contribution < 1.29 is 14.3 Å². The van der Waals surface area contributed by atoms with E-state index in [9.17, 15) is 4.79 Å². The summed E-state index contributed by atoms with van der Waals surface area (Å²) in [4.78, 5) is 13.2. The molecular weight excluding hydrogens is 194 g/mol. The van der Waals surface area contributed by atoms with Crippen LogP contribution in [-0.2, 0) is 14.3 Å². The van der Waals surface area contributed by atoms with Gasteiger partial charge in [-0.2, -0.15) is 0 Å². The van der Waals surface area contributed by atoms with Crippen LogP contribution in [0.25, 0.3) is 0 Å². The van der Waals surface area contributed by atoms with Crippen LogP contribution in [-0.4, -0.2) is 50.3 Å². The molecule has 1 saturated heterocycles. The summed E-state index contributed by atoms with van der Waals surface area (Å²) in [5.41, 5.74) is 0. The first-order valence-corrected chi connectivity index (χ1v) is 5.29. The predicted octanol–water partition coefficient (Wildman–Crippen LogP) is 0.826. The molecule has 86 valence electrons. The third-order valence-corrected chi connectivity index (χ3v) is 2.55. The number of methoxy groups -OCH3 is 1. The number of esters is 1. The summed E-state index contributed by atoms with van der Waals surface area (Å²) in [6, 6.07) is 0.360. The van der Waals surface area contributed by atoms with Crippen LogP contribution in [0.5, 0.6) is 0 Å². The first-order valence-electron chi connectivity index (χ1n) is 5.29. The first kappa shape index (κ1) is 12.2. The average molecular weight is 213 g/mol. The molecule has 1 aliphatic heterocycles. The van der Waals surface area contributed by atoms with Gasteiger partial charge in [-0.1, -0.05) is 12.2 Å². The van der Waals surface area contributed by atoms with E-state index in [0.29, 0.717) is 12.5 Å². The van der Waals surface area contributed by atoms with E-state index in [4.69, 9.17) is 4.74 Å². The number of carbonyl (C=O) groups excluding carboxylic acids is 1. The second-order valence-corrected chi connectivity index (χ2v) is 3.60. The molecule has 1 heterocycles. The van der Waals surface area contributed by atoms with E-state index >= 15 is 0 Å². The summed E-state index contributed by atoms with van der Waals surface area (Å²) < 4.78 is 9.82. The lowest BCUT2D eigenvalue weighted by molar-refractivity contribution is -0.139. The molecule has 0 aromatic heterocycles. The van der Waals surface area contributed by atoms with Crippen LogP contribution in [0.2, 0.25) is 0 Å². The maximum absolute atomic E-state index is 10.9. The molecule has 1 fully saturated rings. The minimum atomic E-state index is -0.194. The standard InChI is InChI=1S/C11H19NO3/c1-10(4-3-5-11(13)14-2)12-6-8-15-9-7-12/h3-4,10H,5-9H2,1-2H3/b4-3+/t10-/m0/s1. The van der Waals surface area contributed by atoms with Gasteiger partial charge >= 0.3 is 5.97 Å². The van der Waals surface area contributed by atoms with Crippen LogP contribution in [0.1, 0.15) is 13.3 Å². The normalized spacial score (nSPS) is 20.4. The van der Waals surface area contributed by atoms with E-state index in [1.165, 1.54) is 7.11 Å². The largest absolute Gasteiger partial charge is 0.469 e. The van der Waals surface area contributed by atoms with Crippen molar-refractivity contribution in [3.05, 3.63) is 12.2 Å². The monoisotopic (exact) mass is 213 g/mol. The molecule has 0 aromatic rings. The van der Waals surface area contributed by atoms with Gasteiger partial charge in [0.15, 0.2) is 0 Å². The van der Waals surface area contributed by atoms with E-state index < -0.39 is 0 Å². The summed E-state index contributed by atoms with van der Waals surface area (Å²) in [5, 5.41) is 0. The zero-order chi connectivity index (χ0) is 11.1. The molecule has 1 rings (SSSR count). The Kier molecular flexibility index (Phi) is 5.36. The van der Waals surface area contributed by atoms with Crippen LogP contribution < -0.4 is 0 Å². The molecule has 0 bridgehead atoms. The van der Waals surface area contributed by atoms with Gasteiger partial charge in [0.05, 0.1) is 26.7 Å². The number of hydrogen-bond acceptors (Lipinski definition) is 4. The third kappa shape index (κ3) is 4.44. The summed E-state index contributed by atoms with van der Waals surface area (Å²) in [7, 11) is 1.40. The summed E-state index contributed by atoms with van der Waals surface area (Å²) in [6.07, 6.45) is 4.26. The van der Waals surface area contributed by atoms with E-state index in [1.54, 1.807) is 0 Å². The molecule has 0 radical (unpaired) electrons. The number of carbonyl (C=O) groups is 1. The Morgan fingerprint density at radius 3 is 2.80 bits per heavy atom. The van der Waals surface area contributed by atoms with E-state index in [2.05, 4.69) is 16.6 Å². The van der Waals surface area contributed by atoms with Crippen molar-refractivity contribution in [3.8, 4) is 0 Å². The summed E-state index contributed by atoms with van der Waals surface area (Å²) >= 11 is 0. The summed E-state index contributed by atoms with van der Waals surface area (Å²) in [6.45, 7) is 5.65. The van der Waals surface area contributed by atoms with Gasteiger partial charge in [-0.25, -0.2) is 0 Å². The van der Waals surface area contributed by atoms with Crippen LogP contribution in [0.15, 0.2) is 12.2 Å². The highest BCUT2D eigenvalue weighted by Gasteiger charge is 2.14. The summed E-state index contributed by atoms with van der Waals surface area (Å²) in [5.74, 6) is -0.194. The van der Waals surface area contributed by atoms with Crippen molar-refractivity contribution in [2.24, 2.45) is 0 Å². The van der Waals surface area contributed by atoms with Crippen LogP contribution in [0.4, 0.5) is 0 Å². The van der Waals surface area contributed by atoms with Crippen molar-refractivity contribution in [1.29, 1.82) is 0 Å². The number of ether oxygens (including phenoxy) is 2. The maximum atomic E-state index is 10.9. The number of morpholine rings is 1. The minimum Gasteiger partial charge on any atom is -0.469 e. The fourth-order valence-electron chi connectivity index (χ4n) is 1.55. The molecule has 4 heteroatoms. The molecular formula is C11H19NO3. The predicted molar refractivity (Wildman–Crippen MR) is 57.6 cm³/mol. The lowest BCUT2D eigenvalue weighted by Gasteiger charge is -2.30. The quantitative estimate of drug-likeness (QED) is 0.512. The Morgan fingerprint density at radius 2 is 2.20 bits per heavy atom. The van der Waals surface area contributed by atoms with Gasteiger partial charge < -0.3 is 9.47 Å². The molecule has 1 atom stereocenters. The second-order valence-electron chi connectivity index (χ2n) is 3.60. The third-order valence-electron chi connectivity index (χ3n) is 2.55. The van der Waals surface area contributed by atoms with Gasteiger partial charge in [0, 0.05) is 19.1 Å². The molecule has 0 aromatic carbocycles. The molecule has 0 unspecified atom stereocenters. The molecule has 4 nitrogen and oxygen atoms in total. The van der Waals surface area contributed by atoms with Crippen LogP contribution in [0.3, 0.4) is 0 Å². The van der Waals surface area contributed by atoms with Crippen molar-refractivity contribution >= 4 is 5.97 Å². The number of nitrogens with zero attached hydrogens (tertiary/aromatic N) is 1. The Balaban J connectivity index is 2.26. The maximum Gasteiger partial charge on any atom is 0.309 e. The van der Waals surface area contributed by atoms with Crippen LogP contribution >= 0.6 is 0 Å². The Morgan fingerprint density at radius 1 is 1.53 bits per heavy atom. The Labute approximate surface area is 90.8 Å². The fourth-order valence-corrected chi connectivity index (χ4v) is 1.55. The number of rotatable bonds is 4. The van der Waals surface area contributed by atoms with E-state index in [0.717, 1.165) is 26.3 Å². The molecule has 0 saturated carbocycles. The molecule has 1 aliphatic rings. The zero-order valence-electron chi connectivity index (χ0n) is 9.44.